The highest BCUT2D eigenvalue weighted by Gasteiger charge is 2.15. The van der Waals surface area contributed by atoms with E-state index in [1.165, 1.54) is 12.1 Å². The molecule has 0 saturated carbocycles. The molecule has 1 aromatic carbocycles. The zero-order valence-corrected chi connectivity index (χ0v) is 9.89. The van der Waals surface area contributed by atoms with Gasteiger partial charge in [0.15, 0.2) is 0 Å². The van der Waals surface area contributed by atoms with Crippen LogP contribution in [0.1, 0.15) is 31.2 Å². The predicted molar refractivity (Wildman–Crippen MR) is 63.3 cm³/mol. The van der Waals surface area contributed by atoms with E-state index in [2.05, 4.69) is 10.3 Å². The Labute approximate surface area is 99.2 Å². The summed E-state index contributed by atoms with van der Waals surface area (Å²) in [5.41, 5.74) is 8.25. The fourth-order valence-corrected chi connectivity index (χ4v) is 1.74. The minimum atomic E-state index is -0.271. The molecule has 2 N–H and O–H groups in total. The van der Waals surface area contributed by atoms with Gasteiger partial charge in [-0.15, -0.1) is 5.10 Å². The van der Waals surface area contributed by atoms with Crippen molar-refractivity contribution >= 4 is 0 Å². The molecule has 2 aromatic rings. The Morgan fingerprint density at radius 3 is 2.47 bits per heavy atom. The molecule has 0 unspecified atom stereocenters. The Hall–Kier alpha value is -1.75. The van der Waals surface area contributed by atoms with E-state index < -0.39 is 0 Å². The van der Waals surface area contributed by atoms with Crippen molar-refractivity contribution in [2.24, 2.45) is 5.73 Å². The molecule has 1 aromatic heterocycles. The first-order valence-electron chi connectivity index (χ1n) is 5.54. The van der Waals surface area contributed by atoms with E-state index in [4.69, 9.17) is 5.73 Å². The van der Waals surface area contributed by atoms with Gasteiger partial charge >= 0.3 is 0 Å². The van der Waals surface area contributed by atoms with Gasteiger partial charge in [-0.1, -0.05) is 19.1 Å². The Kier molecular flexibility index (Phi) is 3.19. The van der Waals surface area contributed by atoms with Crippen LogP contribution in [0.4, 0.5) is 4.39 Å². The van der Waals surface area contributed by atoms with Gasteiger partial charge in [0, 0.05) is 6.54 Å². The maximum atomic E-state index is 12.8. The summed E-state index contributed by atoms with van der Waals surface area (Å²) in [5.74, 6) is -0.00463. The van der Waals surface area contributed by atoms with E-state index in [9.17, 15) is 4.39 Å². The third kappa shape index (κ3) is 2.19. The summed E-state index contributed by atoms with van der Waals surface area (Å²) in [5, 5.41) is 8.20. The number of nitrogens with two attached hydrogens (primary N) is 1. The van der Waals surface area contributed by atoms with Crippen LogP contribution >= 0.6 is 0 Å². The topological polar surface area (TPSA) is 56.7 Å². The highest BCUT2D eigenvalue weighted by Crippen LogP contribution is 2.19. The summed E-state index contributed by atoms with van der Waals surface area (Å²) in [6.45, 7) is 4.44. The van der Waals surface area contributed by atoms with Gasteiger partial charge in [-0.3, -0.25) is 0 Å². The molecular formula is C12H15FN4. The Balaban J connectivity index is 2.48. The van der Waals surface area contributed by atoms with E-state index in [0.717, 1.165) is 17.1 Å². The third-order valence-corrected chi connectivity index (χ3v) is 2.60. The Morgan fingerprint density at radius 1 is 1.29 bits per heavy atom. The molecule has 0 fully saturated rings. The van der Waals surface area contributed by atoms with Crippen LogP contribution in [0.25, 0.3) is 5.69 Å². The van der Waals surface area contributed by atoms with Crippen LogP contribution in [0.2, 0.25) is 0 Å². The van der Waals surface area contributed by atoms with Crippen LogP contribution in [0.15, 0.2) is 24.3 Å². The molecule has 0 radical (unpaired) electrons. The first-order chi connectivity index (χ1) is 8.13. The average molecular weight is 234 g/mol. The summed E-state index contributed by atoms with van der Waals surface area (Å²) in [6.07, 6.45) is 0. The quantitative estimate of drug-likeness (QED) is 0.883. The molecule has 0 bridgehead atoms. The molecular weight excluding hydrogens is 219 g/mol. The largest absolute Gasteiger partial charge is 0.325 e. The molecule has 0 spiro atoms. The van der Waals surface area contributed by atoms with Crippen molar-refractivity contribution in [2.45, 2.75) is 26.3 Å². The van der Waals surface area contributed by atoms with Gasteiger partial charge in [0.1, 0.15) is 5.82 Å². The van der Waals surface area contributed by atoms with Gasteiger partial charge in [0.2, 0.25) is 0 Å². The van der Waals surface area contributed by atoms with E-state index in [0.29, 0.717) is 6.54 Å². The molecule has 4 nitrogen and oxygen atoms in total. The number of aromatic nitrogens is 3. The lowest BCUT2D eigenvalue weighted by atomic mass is 10.1. The van der Waals surface area contributed by atoms with Crippen LogP contribution in [-0.4, -0.2) is 15.0 Å². The lowest BCUT2D eigenvalue weighted by Gasteiger charge is -2.07. The van der Waals surface area contributed by atoms with Crippen LogP contribution in [-0.2, 0) is 6.54 Å². The number of benzene rings is 1. The molecule has 0 aliphatic carbocycles. The number of hydrogen-bond acceptors (Lipinski definition) is 3. The molecule has 2 rings (SSSR count). The summed E-state index contributed by atoms with van der Waals surface area (Å²) in [7, 11) is 0. The first-order valence-corrected chi connectivity index (χ1v) is 5.54. The normalized spacial score (nSPS) is 11.1. The predicted octanol–water partition coefficient (Wildman–Crippen LogP) is 1.99. The van der Waals surface area contributed by atoms with Gasteiger partial charge in [0.05, 0.1) is 17.1 Å². The fourth-order valence-electron chi connectivity index (χ4n) is 1.74. The maximum absolute atomic E-state index is 12.8. The minimum absolute atomic E-state index is 0.266. The van der Waals surface area contributed by atoms with Crippen molar-refractivity contribution in [3.8, 4) is 5.69 Å². The standard InChI is InChI=1S/C12H15FN4/c1-8(2)12-11(7-14)17(16-15-12)10-5-3-9(13)4-6-10/h3-6,8H,7,14H2,1-2H3. The van der Waals surface area contributed by atoms with E-state index in [-0.39, 0.29) is 11.7 Å². The summed E-state index contributed by atoms with van der Waals surface area (Å²) in [6, 6.07) is 6.11. The zero-order chi connectivity index (χ0) is 12.4. The van der Waals surface area contributed by atoms with Gasteiger partial charge in [-0.2, -0.15) is 0 Å². The van der Waals surface area contributed by atoms with E-state index in [1.807, 2.05) is 13.8 Å². The molecule has 0 saturated heterocycles. The number of rotatable bonds is 3. The van der Waals surface area contributed by atoms with Crippen molar-refractivity contribution in [2.75, 3.05) is 0 Å². The SMILES string of the molecule is CC(C)c1nnn(-c2ccc(F)cc2)c1CN. The van der Waals surface area contributed by atoms with E-state index in [1.54, 1.807) is 16.8 Å². The Morgan fingerprint density at radius 2 is 1.94 bits per heavy atom. The second-order valence-corrected chi connectivity index (χ2v) is 4.17. The van der Waals surface area contributed by atoms with E-state index >= 15 is 0 Å². The van der Waals surface area contributed by atoms with Crippen LogP contribution < -0.4 is 5.73 Å². The molecule has 0 amide bonds. The highest BCUT2D eigenvalue weighted by molar-refractivity contribution is 5.34. The molecule has 5 heteroatoms. The lowest BCUT2D eigenvalue weighted by Crippen LogP contribution is -2.09. The maximum Gasteiger partial charge on any atom is 0.123 e. The van der Waals surface area contributed by atoms with Crippen LogP contribution in [0.5, 0.6) is 0 Å². The third-order valence-electron chi connectivity index (χ3n) is 2.60. The fraction of sp³-hybridized carbons (Fsp3) is 0.333. The summed E-state index contributed by atoms with van der Waals surface area (Å²) in [4.78, 5) is 0. The number of halogens is 1. The molecule has 0 atom stereocenters. The average Bonchev–Trinajstić information content (AvgIpc) is 2.73. The highest BCUT2D eigenvalue weighted by atomic mass is 19.1. The summed E-state index contributed by atoms with van der Waals surface area (Å²) < 4.78 is 14.5. The van der Waals surface area contributed by atoms with Crippen molar-refractivity contribution in [3.05, 3.63) is 41.5 Å². The van der Waals surface area contributed by atoms with Gasteiger partial charge in [-0.25, -0.2) is 9.07 Å². The smallest absolute Gasteiger partial charge is 0.123 e. The molecule has 90 valence electrons. The first kappa shape index (κ1) is 11.7. The van der Waals surface area contributed by atoms with Gasteiger partial charge in [0.25, 0.3) is 0 Å². The Bertz CT molecular complexity index is 502. The second-order valence-electron chi connectivity index (χ2n) is 4.17. The van der Waals surface area contributed by atoms with Crippen LogP contribution in [0, 0.1) is 5.82 Å². The minimum Gasteiger partial charge on any atom is -0.325 e. The zero-order valence-electron chi connectivity index (χ0n) is 9.89. The lowest BCUT2D eigenvalue weighted by molar-refractivity contribution is 0.626. The molecule has 17 heavy (non-hydrogen) atoms. The van der Waals surface area contributed by atoms with Gasteiger partial charge < -0.3 is 5.73 Å². The van der Waals surface area contributed by atoms with Crippen molar-refractivity contribution in [3.63, 3.8) is 0 Å². The molecule has 1 heterocycles. The molecule has 0 aliphatic rings. The monoisotopic (exact) mass is 234 g/mol. The van der Waals surface area contributed by atoms with Crippen LogP contribution in [0.3, 0.4) is 0 Å². The van der Waals surface area contributed by atoms with Crippen molar-refractivity contribution < 1.29 is 4.39 Å². The van der Waals surface area contributed by atoms with Crippen molar-refractivity contribution in [1.82, 2.24) is 15.0 Å². The number of hydrogen-bond donors (Lipinski definition) is 1. The summed E-state index contributed by atoms with van der Waals surface area (Å²) >= 11 is 0. The van der Waals surface area contributed by atoms with Gasteiger partial charge in [-0.05, 0) is 30.2 Å². The van der Waals surface area contributed by atoms with Crippen molar-refractivity contribution in [1.29, 1.82) is 0 Å². The second kappa shape index (κ2) is 4.63. The molecule has 0 aliphatic heterocycles. The number of nitrogens with zero attached hydrogens (tertiary/aromatic N) is 3.